The Kier molecular flexibility index (Phi) is 4.53. The molecule has 0 atom stereocenters. The number of benzene rings is 2. The van der Waals surface area contributed by atoms with Gasteiger partial charge in [-0.2, -0.15) is 0 Å². The normalized spacial score (nSPS) is 10.1. The molecule has 19 heavy (non-hydrogen) atoms. The molecule has 2 aromatic rings. The van der Waals surface area contributed by atoms with Crippen LogP contribution in [0.1, 0.15) is 0 Å². The Labute approximate surface area is 125 Å². The van der Waals surface area contributed by atoms with E-state index in [1.165, 1.54) is 6.07 Å². The number of anilines is 1. The molecule has 1 N–H and O–H groups in total. The number of rotatable bonds is 2. The Balaban J connectivity index is 2.10. The molecule has 0 heterocycles. The lowest BCUT2D eigenvalue weighted by Crippen LogP contribution is -2.17. The highest BCUT2D eigenvalue weighted by Crippen LogP contribution is 2.30. The minimum absolute atomic E-state index is 0.304. The molecule has 0 fully saturated rings. The first-order valence-corrected chi connectivity index (χ1v) is 6.38. The lowest BCUT2D eigenvalue weighted by atomic mass is 10.3. The van der Waals surface area contributed by atoms with E-state index < -0.39 is 6.09 Å². The molecule has 98 valence electrons. The summed E-state index contributed by atoms with van der Waals surface area (Å²) in [5.74, 6) is 0.327. The summed E-state index contributed by atoms with van der Waals surface area (Å²) in [5.41, 5.74) is 0.304. The molecule has 0 unspecified atom stereocenters. The first-order valence-electron chi connectivity index (χ1n) is 5.24. The van der Waals surface area contributed by atoms with Gasteiger partial charge in [0.05, 0.1) is 15.7 Å². The monoisotopic (exact) mass is 315 g/mol. The number of carbonyl (C=O) groups is 1. The molecular weight excluding hydrogens is 309 g/mol. The number of halogens is 3. The van der Waals surface area contributed by atoms with E-state index in [2.05, 4.69) is 5.32 Å². The minimum atomic E-state index is -0.697. The van der Waals surface area contributed by atoms with E-state index in [9.17, 15) is 4.79 Å². The zero-order chi connectivity index (χ0) is 13.8. The van der Waals surface area contributed by atoms with Gasteiger partial charge in [0.1, 0.15) is 5.75 Å². The average molecular weight is 317 g/mol. The van der Waals surface area contributed by atoms with Crippen molar-refractivity contribution in [3.63, 3.8) is 0 Å². The van der Waals surface area contributed by atoms with Crippen LogP contribution in [-0.4, -0.2) is 6.09 Å². The van der Waals surface area contributed by atoms with Crippen LogP contribution >= 0.6 is 34.8 Å². The van der Waals surface area contributed by atoms with Crippen molar-refractivity contribution in [2.24, 2.45) is 0 Å². The fraction of sp³-hybridized carbons (Fsp3) is 0. The van der Waals surface area contributed by atoms with Gasteiger partial charge in [0.15, 0.2) is 0 Å². The van der Waals surface area contributed by atoms with Crippen molar-refractivity contribution in [3.8, 4) is 5.75 Å². The Morgan fingerprint density at radius 2 is 1.63 bits per heavy atom. The van der Waals surface area contributed by atoms with Gasteiger partial charge in [-0.3, -0.25) is 5.32 Å². The second kappa shape index (κ2) is 6.15. The molecule has 1 amide bonds. The van der Waals surface area contributed by atoms with Gasteiger partial charge >= 0.3 is 6.09 Å². The third kappa shape index (κ3) is 3.77. The standard InChI is InChI=1S/C13H8Cl3NO2/c14-8-3-1-4-9(7-8)19-13(18)17-12-10(15)5-2-6-11(12)16/h1-7H,(H,17,18). The van der Waals surface area contributed by atoms with Crippen LogP contribution in [0, 0.1) is 0 Å². The summed E-state index contributed by atoms with van der Waals surface area (Å²) in [7, 11) is 0. The van der Waals surface area contributed by atoms with E-state index in [0.29, 0.717) is 26.5 Å². The quantitative estimate of drug-likeness (QED) is 0.821. The number of carbonyl (C=O) groups excluding carboxylic acids is 1. The maximum absolute atomic E-state index is 11.7. The molecule has 0 radical (unpaired) electrons. The second-order valence-corrected chi connectivity index (χ2v) is 4.82. The summed E-state index contributed by atoms with van der Waals surface area (Å²) < 4.78 is 5.06. The third-order valence-electron chi connectivity index (χ3n) is 2.20. The molecule has 2 rings (SSSR count). The van der Waals surface area contributed by atoms with Crippen LogP contribution < -0.4 is 10.1 Å². The fourth-order valence-corrected chi connectivity index (χ4v) is 2.05. The van der Waals surface area contributed by atoms with Gasteiger partial charge < -0.3 is 4.74 Å². The summed E-state index contributed by atoms with van der Waals surface area (Å²) in [6, 6.07) is 11.4. The molecule has 0 bridgehead atoms. The van der Waals surface area contributed by atoms with Crippen LogP contribution in [0.5, 0.6) is 5.75 Å². The smallest absolute Gasteiger partial charge is 0.410 e. The molecule has 3 nitrogen and oxygen atoms in total. The Morgan fingerprint density at radius 3 is 2.26 bits per heavy atom. The fourth-order valence-electron chi connectivity index (χ4n) is 1.38. The average Bonchev–Trinajstić information content (AvgIpc) is 2.34. The zero-order valence-corrected chi connectivity index (χ0v) is 11.8. The minimum Gasteiger partial charge on any atom is -0.410 e. The number of hydrogen-bond acceptors (Lipinski definition) is 2. The molecule has 0 aliphatic carbocycles. The van der Waals surface area contributed by atoms with Crippen LogP contribution in [0.25, 0.3) is 0 Å². The summed E-state index contributed by atoms with van der Waals surface area (Å²) in [4.78, 5) is 11.7. The van der Waals surface area contributed by atoms with Crippen molar-refractivity contribution in [1.82, 2.24) is 0 Å². The lowest BCUT2D eigenvalue weighted by molar-refractivity contribution is 0.215. The van der Waals surface area contributed by atoms with Crippen molar-refractivity contribution < 1.29 is 9.53 Å². The molecular formula is C13H8Cl3NO2. The molecule has 0 aliphatic rings. The molecule has 0 aromatic heterocycles. The lowest BCUT2D eigenvalue weighted by Gasteiger charge is -2.09. The number of para-hydroxylation sites is 1. The van der Waals surface area contributed by atoms with E-state index in [0.717, 1.165) is 0 Å². The maximum atomic E-state index is 11.7. The Hall–Kier alpha value is -1.42. The predicted molar refractivity (Wildman–Crippen MR) is 77.6 cm³/mol. The van der Waals surface area contributed by atoms with Crippen LogP contribution in [-0.2, 0) is 0 Å². The number of hydrogen-bond donors (Lipinski definition) is 1. The highest BCUT2D eigenvalue weighted by molar-refractivity contribution is 6.39. The van der Waals surface area contributed by atoms with Crippen LogP contribution in [0.4, 0.5) is 10.5 Å². The van der Waals surface area contributed by atoms with Crippen molar-refractivity contribution in [2.75, 3.05) is 5.32 Å². The topological polar surface area (TPSA) is 38.3 Å². The molecule has 0 spiro atoms. The second-order valence-electron chi connectivity index (χ2n) is 3.57. The highest BCUT2D eigenvalue weighted by atomic mass is 35.5. The Morgan fingerprint density at radius 1 is 1.00 bits per heavy atom. The Bertz CT molecular complexity index is 596. The third-order valence-corrected chi connectivity index (χ3v) is 3.06. The largest absolute Gasteiger partial charge is 0.417 e. The molecule has 2 aromatic carbocycles. The van der Waals surface area contributed by atoms with Gasteiger partial charge in [-0.1, -0.05) is 46.9 Å². The highest BCUT2D eigenvalue weighted by Gasteiger charge is 2.11. The van der Waals surface area contributed by atoms with E-state index in [1.807, 2.05) is 0 Å². The number of amides is 1. The summed E-state index contributed by atoms with van der Waals surface area (Å²) in [6.07, 6.45) is -0.697. The molecule has 0 saturated heterocycles. The van der Waals surface area contributed by atoms with Gasteiger partial charge in [-0.25, -0.2) is 4.79 Å². The number of nitrogens with one attached hydrogen (secondary N) is 1. The van der Waals surface area contributed by atoms with Gasteiger partial charge in [0.25, 0.3) is 0 Å². The van der Waals surface area contributed by atoms with Crippen LogP contribution in [0.3, 0.4) is 0 Å². The predicted octanol–water partition coefficient (Wildman–Crippen LogP) is 5.26. The van der Waals surface area contributed by atoms with E-state index in [4.69, 9.17) is 39.5 Å². The van der Waals surface area contributed by atoms with E-state index in [1.54, 1.807) is 36.4 Å². The summed E-state index contributed by atoms with van der Waals surface area (Å²) in [6.45, 7) is 0. The zero-order valence-electron chi connectivity index (χ0n) is 9.49. The first kappa shape index (κ1) is 14.0. The van der Waals surface area contributed by atoms with E-state index in [-0.39, 0.29) is 0 Å². The molecule has 0 saturated carbocycles. The van der Waals surface area contributed by atoms with Crippen molar-refractivity contribution >= 4 is 46.6 Å². The molecule has 6 heteroatoms. The van der Waals surface area contributed by atoms with Crippen molar-refractivity contribution in [1.29, 1.82) is 0 Å². The number of ether oxygens (including phenoxy) is 1. The first-order chi connectivity index (χ1) is 9.06. The van der Waals surface area contributed by atoms with Gasteiger partial charge in [0.2, 0.25) is 0 Å². The summed E-state index contributed by atoms with van der Waals surface area (Å²) in [5, 5.41) is 3.61. The summed E-state index contributed by atoms with van der Waals surface area (Å²) >= 11 is 17.6. The van der Waals surface area contributed by atoms with Gasteiger partial charge in [0, 0.05) is 5.02 Å². The van der Waals surface area contributed by atoms with Crippen molar-refractivity contribution in [2.45, 2.75) is 0 Å². The molecule has 0 aliphatic heterocycles. The SMILES string of the molecule is O=C(Nc1c(Cl)cccc1Cl)Oc1cccc(Cl)c1. The van der Waals surface area contributed by atoms with Crippen LogP contribution in [0.15, 0.2) is 42.5 Å². The van der Waals surface area contributed by atoms with Crippen LogP contribution in [0.2, 0.25) is 15.1 Å². The van der Waals surface area contributed by atoms with Gasteiger partial charge in [-0.15, -0.1) is 0 Å². The maximum Gasteiger partial charge on any atom is 0.417 e. The van der Waals surface area contributed by atoms with Crippen molar-refractivity contribution in [3.05, 3.63) is 57.5 Å². The van der Waals surface area contributed by atoms with E-state index >= 15 is 0 Å². The van der Waals surface area contributed by atoms with Gasteiger partial charge in [-0.05, 0) is 30.3 Å².